The largest absolute Gasteiger partial charge is 0.480 e. The average molecular weight is 361 g/mol. The Hall–Kier alpha value is -2.77. The van der Waals surface area contributed by atoms with Crippen molar-refractivity contribution in [2.75, 3.05) is 6.54 Å². The average Bonchev–Trinajstić information content (AvgIpc) is 3.11. The van der Waals surface area contributed by atoms with E-state index in [2.05, 4.69) is 10.1 Å². The highest BCUT2D eigenvalue weighted by atomic mass is 19.1. The minimum absolute atomic E-state index is 0.0909. The van der Waals surface area contributed by atoms with Crippen molar-refractivity contribution in [1.29, 1.82) is 0 Å². The van der Waals surface area contributed by atoms with Crippen molar-refractivity contribution in [3.8, 4) is 11.4 Å². The van der Waals surface area contributed by atoms with Gasteiger partial charge in [-0.25, -0.2) is 9.18 Å². The maximum atomic E-state index is 13.6. The normalized spacial score (nSPS) is 17.3. The van der Waals surface area contributed by atoms with Crippen LogP contribution in [-0.4, -0.2) is 44.6 Å². The number of aryl methyl sites for hydroxylation is 2. The predicted octanol–water partition coefficient (Wildman–Crippen LogP) is 2.58. The predicted molar refractivity (Wildman–Crippen MR) is 89.7 cm³/mol. The zero-order chi connectivity index (χ0) is 18.7. The molecule has 0 aliphatic carbocycles. The minimum atomic E-state index is -0.973. The smallest absolute Gasteiger partial charge is 0.326 e. The van der Waals surface area contributed by atoms with E-state index in [4.69, 9.17) is 4.52 Å². The van der Waals surface area contributed by atoms with Crippen LogP contribution in [0.4, 0.5) is 4.39 Å². The van der Waals surface area contributed by atoms with Crippen LogP contribution in [0.1, 0.15) is 37.1 Å². The first kappa shape index (κ1) is 18.0. The van der Waals surface area contributed by atoms with Crippen LogP contribution in [0.2, 0.25) is 0 Å². The van der Waals surface area contributed by atoms with Gasteiger partial charge in [-0.2, -0.15) is 4.98 Å². The van der Waals surface area contributed by atoms with E-state index in [1.54, 1.807) is 19.1 Å². The Kier molecular flexibility index (Phi) is 5.29. The first-order valence-electron chi connectivity index (χ1n) is 8.57. The number of rotatable bonds is 5. The number of benzene rings is 1. The molecule has 1 aromatic carbocycles. The number of hydrogen-bond donors (Lipinski definition) is 1. The molecule has 3 rings (SSSR count). The molecule has 2 heterocycles. The van der Waals surface area contributed by atoms with Crippen LogP contribution in [-0.2, 0) is 16.0 Å². The molecule has 1 N–H and O–H groups in total. The molecule has 0 radical (unpaired) electrons. The molecule has 1 saturated heterocycles. The SMILES string of the molecule is Cc1ccc(-c2noc(CCC(=O)N3CCCCC3C(=O)O)n2)cc1F. The quantitative estimate of drug-likeness (QED) is 0.879. The summed E-state index contributed by atoms with van der Waals surface area (Å²) in [6, 6.07) is 3.90. The molecule has 0 bridgehead atoms. The highest BCUT2D eigenvalue weighted by molar-refractivity contribution is 5.84. The maximum absolute atomic E-state index is 13.6. The van der Waals surface area contributed by atoms with Gasteiger partial charge in [0.2, 0.25) is 17.6 Å². The van der Waals surface area contributed by atoms with E-state index in [0.29, 0.717) is 24.1 Å². The summed E-state index contributed by atoms with van der Waals surface area (Å²) in [5.41, 5.74) is 1.02. The molecule has 2 aromatic rings. The number of halogens is 1. The molecule has 26 heavy (non-hydrogen) atoms. The van der Waals surface area contributed by atoms with E-state index in [1.807, 2.05) is 0 Å². The van der Waals surface area contributed by atoms with E-state index >= 15 is 0 Å². The zero-order valence-electron chi connectivity index (χ0n) is 14.4. The van der Waals surface area contributed by atoms with Crippen molar-refractivity contribution in [2.45, 2.75) is 45.1 Å². The van der Waals surface area contributed by atoms with Gasteiger partial charge in [-0.05, 0) is 37.8 Å². The van der Waals surface area contributed by atoms with Crippen LogP contribution in [0.5, 0.6) is 0 Å². The third kappa shape index (κ3) is 3.89. The fraction of sp³-hybridized carbons (Fsp3) is 0.444. The number of hydrogen-bond acceptors (Lipinski definition) is 5. The Bertz CT molecular complexity index is 821. The topological polar surface area (TPSA) is 96.5 Å². The Balaban J connectivity index is 1.63. The zero-order valence-corrected chi connectivity index (χ0v) is 14.4. The van der Waals surface area contributed by atoms with Crippen LogP contribution < -0.4 is 0 Å². The minimum Gasteiger partial charge on any atom is -0.480 e. The van der Waals surface area contributed by atoms with Gasteiger partial charge in [0.05, 0.1) is 0 Å². The lowest BCUT2D eigenvalue weighted by molar-refractivity contribution is -0.152. The molecule has 138 valence electrons. The lowest BCUT2D eigenvalue weighted by Crippen LogP contribution is -2.48. The third-order valence-corrected chi connectivity index (χ3v) is 4.56. The Morgan fingerprint density at radius 1 is 1.38 bits per heavy atom. The number of nitrogens with zero attached hydrogens (tertiary/aromatic N) is 3. The van der Waals surface area contributed by atoms with Crippen molar-refractivity contribution < 1.29 is 23.6 Å². The first-order chi connectivity index (χ1) is 12.5. The third-order valence-electron chi connectivity index (χ3n) is 4.56. The van der Waals surface area contributed by atoms with Gasteiger partial charge in [0.15, 0.2) is 0 Å². The van der Waals surface area contributed by atoms with Crippen molar-refractivity contribution in [2.24, 2.45) is 0 Å². The number of aromatic nitrogens is 2. The van der Waals surface area contributed by atoms with Crippen LogP contribution in [0, 0.1) is 12.7 Å². The van der Waals surface area contributed by atoms with Gasteiger partial charge in [-0.15, -0.1) is 0 Å². The number of carbonyl (C=O) groups is 2. The summed E-state index contributed by atoms with van der Waals surface area (Å²) in [6.45, 7) is 2.12. The maximum Gasteiger partial charge on any atom is 0.326 e. The standard InChI is InChI=1S/C18H20FN3O4/c1-11-5-6-12(10-13(11)19)17-20-15(26-21-17)7-8-16(23)22-9-3-2-4-14(22)18(24)25/h5-6,10,14H,2-4,7-9H2,1H3,(H,24,25). The fourth-order valence-electron chi connectivity index (χ4n) is 3.05. The second kappa shape index (κ2) is 7.63. The molecule has 1 aliphatic heterocycles. The lowest BCUT2D eigenvalue weighted by Gasteiger charge is -2.32. The summed E-state index contributed by atoms with van der Waals surface area (Å²) < 4.78 is 18.8. The Morgan fingerprint density at radius 2 is 2.19 bits per heavy atom. The molecule has 0 spiro atoms. The number of piperidine rings is 1. The molecule has 8 heteroatoms. The highest BCUT2D eigenvalue weighted by Crippen LogP contribution is 2.21. The molecule has 1 fully saturated rings. The summed E-state index contributed by atoms with van der Waals surface area (Å²) in [7, 11) is 0. The second-order valence-corrected chi connectivity index (χ2v) is 6.41. The lowest BCUT2D eigenvalue weighted by atomic mass is 10.0. The van der Waals surface area contributed by atoms with E-state index in [1.165, 1.54) is 11.0 Å². The first-order valence-corrected chi connectivity index (χ1v) is 8.57. The van der Waals surface area contributed by atoms with E-state index in [0.717, 1.165) is 12.8 Å². The highest BCUT2D eigenvalue weighted by Gasteiger charge is 2.31. The van der Waals surface area contributed by atoms with E-state index < -0.39 is 12.0 Å². The Labute approximate surface area is 149 Å². The van der Waals surface area contributed by atoms with Crippen LogP contribution >= 0.6 is 0 Å². The van der Waals surface area contributed by atoms with Crippen molar-refractivity contribution in [3.05, 3.63) is 35.5 Å². The van der Waals surface area contributed by atoms with Gasteiger partial charge < -0.3 is 14.5 Å². The van der Waals surface area contributed by atoms with E-state index in [9.17, 15) is 19.1 Å². The van der Waals surface area contributed by atoms with E-state index in [-0.39, 0.29) is 36.3 Å². The summed E-state index contributed by atoms with van der Waals surface area (Å²) in [6.07, 6.45) is 2.39. The molecular weight excluding hydrogens is 341 g/mol. The van der Waals surface area contributed by atoms with Crippen LogP contribution in [0.15, 0.2) is 22.7 Å². The molecule has 1 amide bonds. The van der Waals surface area contributed by atoms with Crippen molar-refractivity contribution >= 4 is 11.9 Å². The number of carboxylic acid groups (broad SMARTS) is 1. The number of amides is 1. The van der Waals surface area contributed by atoms with Crippen LogP contribution in [0.25, 0.3) is 11.4 Å². The summed E-state index contributed by atoms with van der Waals surface area (Å²) in [5, 5.41) is 13.1. The number of carboxylic acids is 1. The van der Waals surface area contributed by atoms with Gasteiger partial charge in [-0.3, -0.25) is 4.79 Å². The van der Waals surface area contributed by atoms with Crippen molar-refractivity contribution in [1.82, 2.24) is 15.0 Å². The molecule has 1 unspecified atom stereocenters. The number of likely N-dealkylation sites (tertiary alicyclic amines) is 1. The molecule has 1 aromatic heterocycles. The summed E-state index contributed by atoms with van der Waals surface area (Å²) in [5.74, 6) is -1.04. The number of aliphatic carboxylic acids is 1. The summed E-state index contributed by atoms with van der Waals surface area (Å²) in [4.78, 5) is 29.3. The monoisotopic (exact) mass is 361 g/mol. The molecule has 1 aliphatic rings. The van der Waals surface area contributed by atoms with Gasteiger partial charge >= 0.3 is 5.97 Å². The molecule has 1 atom stereocenters. The van der Waals surface area contributed by atoms with Gasteiger partial charge in [-0.1, -0.05) is 17.3 Å². The molecule has 7 nitrogen and oxygen atoms in total. The van der Waals surface area contributed by atoms with Gasteiger partial charge in [0.25, 0.3) is 0 Å². The van der Waals surface area contributed by atoms with Crippen molar-refractivity contribution in [3.63, 3.8) is 0 Å². The molecule has 0 saturated carbocycles. The van der Waals surface area contributed by atoms with Gasteiger partial charge in [0.1, 0.15) is 11.9 Å². The fourth-order valence-corrected chi connectivity index (χ4v) is 3.05. The van der Waals surface area contributed by atoms with Crippen LogP contribution in [0.3, 0.4) is 0 Å². The van der Waals surface area contributed by atoms with Gasteiger partial charge in [0, 0.05) is 24.9 Å². The summed E-state index contributed by atoms with van der Waals surface area (Å²) >= 11 is 0. The number of carbonyl (C=O) groups excluding carboxylic acids is 1. The Morgan fingerprint density at radius 3 is 2.92 bits per heavy atom. The second-order valence-electron chi connectivity index (χ2n) is 6.41. The molecular formula is C18H20FN3O4.